The van der Waals surface area contributed by atoms with Crippen LogP contribution in [0.5, 0.6) is 11.5 Å². The summed E-state index contributed by atoms with van der Waals surface area (Å²) >= 11 is 0. The molecule has 0 atom stereocenters. The van der Waals surface area contributed by atoms with Crippen LogP contribution in [0, 0.1) is 0 Å². The van der Waals surface area contributed by atoms with E-state index in [1.165, 1.54) is 34.8 Å². The smallest absolute Gasteiger partial charge is 0.243 e. The zero-order valence-corrected chi connectivity index (χ0v) is 14.4. The first-order valence-electron chi connectivity index (χ1n) is 7.54. The molecule has 7 heteroatoms. The van der Waals surface area contributed by atoms with Crippen LogP contribution in [-0.4, -0.2) is 42.2 Å². The van der Waals surface area contributed by atoms with Crippen LogP contribution < -0.4 is 0 Å². The molecular weight excluding hydrogens is 328 g/mol. The second kappa shape index (κ2) is 7.46. The van der Waals surface area contributed by atoms with Gasteiger partial charge in [0.1, 0.15) is 0 Å². The number of benzene rings is 2. The molecule has 0 bridgehead atoms. The molecule has 0 unspecified atom stereocenters. The first-order valence-corrected chi connectivity index (χ1v) is 8.98. The van der Waals surface area contributed by atoms with Crippen LogP contribution in [0.25, 0.3) is 0 Å². The molecule has 0 amide bonds. The summed E-state index contributed by atoms with van der Waals surface area (Å²) in [6.45, 7) is 4.44. The second-order valence-corrected chi connectivity index (χ2v) is 7.03. The maximum atomic E-state index is 12.4. The van der Waals surface area contributed by atoms with Crippen molar-refractivity contribution in [3.63, 3.8) is 0 Å². The molecule has 2 N–H and O–H groups in total. The lowest BCUT2D eigenvalue weighted by atomic mass is 10.2. The van der Waals surface area contributed by atoms with Gasteiger partial charge in [0.05, 0.1) is 10.6 Å². The van der Waals surface area contributed by atoms with Crippen molar-refractivity contribution in [2.45, 2.75) is 18.7 Å². The molecule has 2 rings (SSSR count). The van der Waals surface area contributed by atoms with Crippen LogP contribution in [0.4, 0.5) is 5.69 Å². The third-order valence-corrected chi connectivity index (χ3v) is 5.61. The van der Waals surface area contributed by atoms with Gasteiger partial charge in [-0.2, -0.15) is 4.31 Å². The molecule has 2 aromatic rings. The molecular formula is C17H20N2O4S. The molecule has 0 heterocycles. The summed E-state index contributed by atoms with van der Waals surface area (Å²) in [4.78, 5) is 4.46. The minimum Gasteiger partial charge on any atom is -0.504 e. The van der Waals surface area contributed by atoms with Gasteiger partial charge in [-0.15, -0.1) is 0 Å². The molecule has 0 radical (unpaired) electrons. The van der Waals surface area contributed by atoms with Crippen LogP contribution in [0.1, 0.15) is 19.4 Å². The molecule has 0 saturated heterocycles. The Morgan fingerprint density at radius 3 is 2.17 bits per heavy atom. The lowest BCUT2D eigenvalue weighted by Crippen LogP contribution is -2.30. The highest BCUT2D eigenvalue weighted by atomic mass is 32.2. The highest BCUT2D eigenvalue weighted by Crippen LogP contribution is 2.25. The molecule has 0 aromatic heterocycles. The number of hydrogen-bond donors (Lipinski definition) is 2. The molecule has 0 fully saturated rings. The van der Waals surface area contributed by atoms with E-state index in [2.05, 4.69) is 4.99 Å². The Kier molecular flexibility index (Phi) is 5.58. The van der Waals surface area contributed by atoms with Gasteiger partial charge in [-0.1, -0.05) is 13.8 Å². The largest absolute Gasteiger partial charge is 0.504 e. The van der Waals surface area contributed by atoms with E-state index in [-0.39, 0.29) is 16.4 Å². The van der Waals surface area contributed by atoms with Crippen molar-refractivity contribution in [1.29, 1.82) is 0 Å². The Hall–Kier alpha value is -2.38. The van der Waals surface area contributed by atoms with E-state index in [0.717, 1.165) is 0 Å². The molecule has 0 aliphatic carbocycles. The Balaban J connectivity index is 2.20. The number of nitrogens with zero attached hydrogens (tertiary/aromatic N) is 2. The highest BCUT2D eigenvalue weighted by Gasteiger charge is 2.20. The first kappa shape index (κ1) is 18.0. The summed E-state index contributed by atoms with van der Waals surface area (Å²) in [6, 6.07) is 10.6. The van der Waals surface area contributed by atoms with Gasteiger partial charge in [0, 0.05) is 19.3 Å². The van der Waals surface area contributed by atoms with E-state index in [1.54, 1.807) is 32.0 Å². The van der Waals surface area contributed by atoms with Gasteiger partial charge in [0.25, 0.3) is 0 Å². The SMILES string of the molecule is CCN(CC)S(=O)(=O)c1ccc(N=Cc2ccc(O)c(O)c2)cc1. The van der Waals surface area contributed by atoms with E-state index >= 15 is 0 Å². The van der Waals surface area contributed by atoms with Crippen molar-refractivity contribution >= 4 is 21.9 Å². The van der Waals surface area contributed by atoms with Gasteiger partial charge in [-0.25, -0.2) is 8.42 Å². The third kappa shape index (κ3) is 3.93. The van der Waals surface area contributed by atoms with Crippen LogP contribution in [0.15, 0.2) is 52.4 Å². The summed E-state index contributed by atoms with van der Waals surface area (Å²) in [6.07, 6.45) is 1.52. The summed E-state index contributed by atoms with van der Waals surface area (Å²) in [5.41, 5.74) is 1.20. The first-order chi connectivity index (χ1) is 11.4. The van der Waals surface area contributed by atoms with Crippen molar-refractivity contribution in [1.82, 2.24) is 4.31 Å². The fourth-order valence-electron chi connectivity index (χ4n) is 2.19. The van der Waals surface area contributed by atoms with Gasteiger partial charge >= 0.3 is 0 Å². The lowest BCUT2D eigenvalue weighted by molar-refractivity contribution is 0.403. The number of rotatable bonds is 6. The quantitative estimate of drug-likeness (QED) is 0.620. The number of phenolic OH excluding ortho intramolecular Hbond substituents is 2. The molecule has 128 valence electrons. The standard InChI is InChI=1S/C17H20N2O4S/c1-3-19(4-2)24(22,23)15-8-6-14(7-9-15)18-12-13-5-10-16(20)17(21)11-13/h5-12,20-21H,3-4H2,1-2H3. The Morgan fingerprint density at radius 1 is 1.00 bits per heavy atom. The fraction of sp³-hybridized carbons (Fsp3) is 0.235. The van der Waals surface area contributed by atoms with E-state index < -0.39 is 10.0 Å². The van der Waals surface area contributed by atoms with Gasteiger partial charge in [-0.05, 0) is 48.0 Å². The van der Waals surface area contributed by atoms with Gasteiger partial charge in [0.2, 0.25) is 10.0 Å². The Bertz CT molecular complexity index is 826. The van der Waals surface area contributed by atoms with Crippen LogP contribution >= 0.6 is 0 Å². The minimum atomic E-state index is -3.47. The topological polar surface area (TPSA) is 90.2 Å². The number of phenols is 2. The lowest BCUT2D eigenvalue weighted by Gasteiger charge is -2.18. The second-order valence-electron chi connectivity index (χ2n) is 5.09. The maximum Gasteiger partial charge on any atom is 0.243 e. The van der Waals surface area contributed by atoms with Crippen molar-refractivity contribution in [3.05, 3.63) is 48.0 Å². The number of sulfonamides is 1. The molecule has 0 spiro atoms. The summed E-state index contributed by atoms with van der Waals surface area (Å²) in [5, 5.41) is 18.7. The normalized spacial score (nSPS) is 12.1. The summed E-state index contributed by atoms with van der Waals surface area (Å²) in [5.74, 6) is -0.419. The van der Waals surface area contributed by atoms with Crippen molar-refractivity contribution in [3.8, 4) is 11.5 Å². The minimum absolute atomic E-state index is 0.196. The van der Waals surface area contributed by atoms with Crippen molar-refractivity contribution in [2.24, 2.45) is 4.99 Å². The van der Waals surface area contributed by atoms with Crippen molar-refractivity contribution in [2.75, 3.05) is 13.1 Å². The van der Waals surface area contributed by atoms with E-state index in [9.17, 15) is 18.6 Å². The average Bonchev–Trinajstić information content (AvgIpc) is 2.57. The van der Waals surface area contributed by atoms with Gasteiger partial charge in [-0.3, -0.25) is 4.99 Å². The highest BCUT2D eigenvalue weighted by molar-refractivity contribution is 7.89. The summed E-state index contributed by atoms with van der Waals surface area (Å²) in [7, 11) is -3.47. The predicted molar refractivity (Wildman–Crippen MR) is 93.6 cm³/mol. The Morgan fingerprint density at radius 2 is 1.62 bits per heavy atom. The maximum absolute atomic E-state index is 12.4. The Labute approximate surface area is 141 Å². The number of hydrogen-bond acceptors (Lipinski definition) is 5. The van der Waals surface area contributed by atoms with Crippen LogP contribution in [0.2, 0.25) is 0 Å². The summed E-state index contributed by atoms with van der Waals surface area (Å²) < 4.78 is 26.2. The molecule has 24 heavy (non-hydrogen) atoms. The average molecular weight is 348 g/mol. The van der Waals surface area contributed by atoms with E-state index in [4.69, 9.17) is 0 Å². The number of aromatic hydroxyl groups is 2. The van der Waals surface area contributed by atoms with E-state index in [1.807, 2.05) is 0 Å². The number of aliphatic imine (C=N–C) groups is 1. The van der Waals surface area contributed by atoms with Crippen LogP contribution in [0.3, 0.4) is 0 Å². The fourth-order valence-corrected chi connectivity index (χ4v) is 3.64. The van der Waals surface area contributed by atoms with E-state index in [0.29, 0.717) is 24.3 Å². The van der Waals surface area contributed by atoms with Crippen LogP contribution in [-0.2, 0) is 10.0 Å². The zero-order valence-electron chi connectivity index (χ0n) is 13.5. The van der Waals surface area contributed by atoms with Gasteiger partial charge < -0.3 is 10.2 Å². The molecule has 0 aliphatic rings. The van der Waals surface area contributed by atoms with Gasteiger partial charge in [0.15, 0.2) is 11.5 Å². The molecule has 2 aromatic carbocycles. The third-order valence-electron chi connectivity index (χ3n) is 3.54. The zero-order chi connectivity index (χ0) is 17.7. The van der Waals surface area contributed by atoms with Crippen molar-refractivity contribution < 1.29 is 18.6 Å². The molecule has 6 nitrogen and oxygen atoms in total. The predicted octanol–water partition coefficient (Wildman–Crippen LogP) is 2.88. The molecule has 0 saturated carbocycles. The monoisotopic (exact) mass is 348 g/mol. The molecule has 0 aliphatic heterocycles.